The van der Waals surface area contributed by atoms with Gasteiger partial charge in [-0.2, -0.15) is 0 Å². The summed E-state index contributed by atoms with van der Waals surface area (Å²) in [6, 6.07) is 0. The zero-order valence-corrected chi connectivity index (χ0v) is 6.44. The lowest BCUT2D eigenvalue weighted by molar-refractivity contribution is 1.42. The molecular weight excluding hydrogens is 134 g/mol. The predicted molar refractivity (Wildman–Crippen MR) is 42.9 cm³/mol. The summed E-state index contributed by atoms with van der Waals surface area (Å²) in [5, 5.41) is 0.646. The Bertz CT molecular complexity index is 156. The second kappa shape index (κ2) is 4.33. The first-order valence-electron chi connectivity index (χ1n) is 2.67. The second-order valence-corrected chi connectivity index (χ2v) is 2.04. The molecule has 0 aromatic carbocycles. The van der Waals surface area contributed by atoms with Crippen LogP contribution in [0.1, 0.15) is 13.8 Å². The Morgan fingerprint density at radius 1 is 1.67 bits per heavy atom. The van der Waals surface area contributed by atoms with Crippen LogP contribution >= 0.6 is 11.6 Å². The molecule has 0 aromatic heterocycles. The molecule has 0 unspecified atom stereocenters. The zero-order valence-electron chi connectivity index (χ0n) is 5.69. The molecule has 0 saturated carbocycles. The van der Waals surface area contributed by atoms with Gasteiger partial charge in [-0.3, -0.25) is 4.99 Å². The van der Waals surface area contributed by atoms with Gasteiger partial charge < -0.3 is 0 Å². The lowest BCUT2D eigenvalue weighted by Gasteiger charge is -1.92. The van der Waals surface area contributed by atoms with Gasteiger partial charge >= 0.3 is 0 Å². The topological polar surface area (TPSA) is 12.4 Å². The average molecular weight is 144 g/mol. The van der Waals surface area contributed by atoms with E-state index < -0.39 is 0 Å². The van der Waals surface area contributed by atoms with Gasteiger partial charge in [0.05, 0.1) is 5.03 Å². The van der Waals surface area contributed by atoms with Crippen LogP contribution in [0, 0.1) is 0 Å². The average Bonchev–Trinajstić information content (AvgIpc) is 1.87. The molecule has 0 spiro atoms. The van der Waals surface area contributed by atoms with E-state index in [1.54, 1.807) is 0 Å². The highest BCUT2D eigenvalue weighted by Crippen LogP contribution is 2.12. The Kier molecular flexibility index (Phi) is 4.06. The Labute approximate surface area is 60.7 Å². The maximum atomic E-state index is 5.69. The van der Waals surface area contributed by atoms with Crippen molar-refractivity contribution in [3.63, 3.8) is 0 Å². The first kappa shape index (κ1) is 8.44. The number of aliphatic imine (C=N–C) groups is 1. The monoisotopic (exact) mass is 143 g/mol. The maximum Gasteiger partial charge on any atom is 0.0614 e. The SMILES string of the molecule is C=N/C=C(Cl)\C(C)=C/C. The third-order valence-corrected chi connectivity index (χ3v) is 1.41. The van der Waals surface area contributed by atoms with Crippen molar-refractivity contribution in [1.29, 1.82) is 0 Å². The van der Waals surface area contributed by atoms with Crippen LogP contribution in [-0.2, 0) is 0 Å². The van der Waals surface area contributed by atoms with Crippen molar-refractivity contribution in [3.8, 4) is 0 Å². The number of nitrogens with zero attached hydrogens (tertiary/aromatic N) is 1. The highest BCUT2D eigenvalue weighted by molar-refractivity contribution is 6.31. The van der Waals surface area contributed by atoms with E-state index in [2.05, 4.69) is 11.7 Å². The Morgan fingerprint density at radius 3 is 2.56 bits per heavy atom. The smallest absolute Gasteiger partial charge is 0.0614 e. The molecule has 50 valence electrons. The van der Waals surface area contributed by atoms with E-state index in [1.807, 2.05) is 19.9 Å². The standard InChI is InChI=1S/C7H10ClN/c1-4-6(2)7(8)5-9-3/h4-5H,3H2,1-2H3/b6-4-,7-5+. The summed E-state index contributed by atoms with van der Waals surface area (Å²) < 4.78 is 0. The normalized spacial score (nSPS) is 13.7. The van der Waals surface area contributed by atoms with Crippen LogP contribution < -0.4 is 0 Å². The zero-order chi connectivity index (χ0) is 7.28. The summed E-state index contributed by atoms with van der Waals surface area (Å²) in [6.45, 7) is 7.13. The van der Waals surface area contributed by atoms with Crippen molar-refractivity contribution in [2.45, 2.75) is 13.8 Å². The Hall–Kier alpha value is -0.560. The quantitative estimate of drug-likeness (QED) is 0.417. The molecule has 0 radical (unpaired) electrons. The second-order valence-electron chi connectivity index (χ2n) is 1.63. The third kappa shape index (κ3) is 3.09. The fourth-order valence-corrected chi connectivity index (χ4v) is 0.498. The van der Waals surface area contributed by atoms with Crippen LogP contribution in [0.4, 0.5) is 0 Å². The van der Waals surface area contributed by atoms with Crippen molar-refractivity contribution in [3.05, 3.63) is 22.9 Å². The molecule has 1 nitrogen and oxygen atoms in total. The molecule has 0 aliphatic rings. The van der Waals surface area contributed by atoms with Gasteiger partial charge in [-0.15, -0.1) is 0 Å². The molecule has 0 heterocycles. The van der Waals surface area contributed by atoms with Gasteiger partial charge in [-0.1, -0.05) is 17.7 Å². The van der Waals surface area contributed by atoms with Crippen LogP contribution in [0.2, 0.25) is 0 Å². The molecule has 0 bridgehead atoms. The van der Waals surface area contributed by atoms with Gasteiger partial charge in [0.25, 0.3) is 0 Å². The number of halogens is 1. The summed E-state index contributed by atoms with van der Waals surface area (Å²) in [7, 11) is 0. The van der Waals surface area contributed by atoms with Gasteiger partial charge in [-0.05, 0) is 26.1 Å². The summed E-state index contributed by atoms with van der Waals surface area (Å²) in [5.41, 5.74) is 1.02. The number of hydrogen-bond donors (Lipinski definition) is 0. The minimum atomic E-state index is 0.646. The fourth-order valence-electron chi connectivity index (χ4n) is 0.320. The number of allylic oxidation sites excluding steroid dienone is 3. The molecule has 0 N–H and O–H groups in total. The number of rotatable bonds is 2. The molecular formula is C7H10ClN. The van der Waals surface area contributed by atoms with E-state index in [0.29, 0.717) is 5.03 Å². The lowest BCUT2D eigenvalue weighted by atomic mass is 10.3. The van der Waals surface area contributed by atoms with Gasteiger partial charge in [0.15, 0.2) is 0 Å². The molecule has 9 heavy (non-hydrogen) atoms. The van der Waals surface area contributed by atoms with E-state index in [4.69, 9.17) is 11.6 Å². The highest BCUT2D eigenvalue weighted by Gasteiger charge is 1.89. The van der Waals surface area contributed by atoms with Crippen molar-refractivity contribution in [1.82, 2.24) is 0 Å². The van der Waals surface area contributed by atoms with Crippen molar-refractivity contribution in [2.24, 2.45) is 4.99 Å². The van der Waals surface area contributed by atoms with Gasteiger partial charge in [0, 0.05) is 6.20 Å². The molecule has 0 aliphatic carbocycles. The first-order chi connectivity index (χ1) is 4.22. The summed E-state index contributed by atoms with van der Waals surface area (Å²) >= 11 is 5.69. The van der Waals surface area contributed by atoms with E-state index >= 15 is 0 Å². The molecule has 0 aliphatic heterocycles. The van der Waals surface area contributed by atoms with Crippen LogP contribution in [0.25, 0.3) is 0 Å². The summed E-state index contributed by atoms with van der Waals surface area (Å²) in [4.78, 5) is 3.52. The minimum absolute atomic E-state index is 0.646. The van der Waals surface area contributed by atoms with E-state index in [-0.39, 0.29) is 0 Å². The minimum Gasteiger partial charge on any atom is -0.271 e. The Balaban J connectivity index is 4.19. The van der Waals surface area contributed by atoms with Gasteiger partial charge in [0.1, 0.15) is 0 Å². The molecule has 0 saturated heterocycles. The third-order valence-electron chi connectivity index (χ3n) is 1.01. The summed E-state index contributed by atoms with van der Waals surface area (Å²) in [6.07, 6.45) is 3.45. The van der Waals surface area contributed by atoms with Crippen LogP contribution in [0.3, 0.4) is 0 Å². The van der Waals surface area contributed by atoms with Gasteiger partial charge in [0.2, 0.25) is 0 Å². The van der Waals surface area contributed by atoms with Gasteiger partial charge in [-0.25, -0.2) is 0 Å². The van der Waals surface area contributed by atoms with Crippen LogP contribution in [-0.4, -0.2) is 6.72 Å². The molecule has 2 heteroatoms. The summed E-state index contributed by atoms with van der Waals surface area (Å²) in [5.74, 6) is 0. The fraction of sp³-hybridized carbons (Fsp3) is 0.286. The molecule has 0 amide bonds. The lowest BCUT2D eigenvalue weighted by Crippen LogP contribution is -1.71. The van der Waals surface area contributed by atoms with Crippen molar-refractivity contribution >= 4 is 18.3 Å². The van der Waals surface area contributed by atoms with E-state index in [0.717, 1.165) is 5.57 Å². The van der Waals surface area contributed by atoms with E-state index in [1.165, 1.54) is 6.20 Å². The predicted octanol–water partition coefficient (Wildman–Crippen LogP) is 2.73. The van der Waals surface area contributed by atoms with Crippen molar-refractivity contribution in [2.75, 3.05) is 0 Å². The van der Waals surface area contributed by atoms with Crippen LogP contribution in [0.5, 0.6) is 0 Å². The van der Waals surface area contributed by atoms with Crippen LogP contribution in [0.15, 0.2) is 27.9 Å². The molecule has 0 rings (SSSR count). The highest BCUT2D eigenvalue weighted by atomic mass is 35.5. The molecule has 0 aromatic rings. The van der Waals surface area contributed by atoms with Crippen molar-refractivity contribution < 1.29 is 0 Å². The van der Waals surface area contributed by atoms with E-state index in [9.17, 15) is 0 Å². The molecule has 0 atom stereocenters. The Morgan fingerprint density at radius 2 is 2.22 bits per heavy atom. The number of hydrogen-bond acceptors (Lipinski definition) is 1. The first-order valence-corrected chi connectivity index (χ1v) is 3.05. The maximum absolute atomic E-state index is 5.69. The largest absolute Gasteiger partial charge is 0.271 e. The molecule has 0 fully saturated rings.